The van der Waals surface area contributed by atoms with Crippen molar-refractivity contribution in [2.75, 3.05) is 13.1 Å². The highest BCUT2D eigenvalue weighted by Gasteiger charge is 2.53. The summed E-state index contributed by atoms with van der Waals surface area (Å²) < 4.78 is 27.1. The summed E-state index contributed by atoms with van der Waals surface area (Å²) in [6.45, 7) is 2.49. The van der Waals surface area contributed by atoms with Gasteiger partial charge in [-0.05, 0) is 55.9 Å². The molecule has 1 unspecified atom stereocenters. The van der Waals surface area contributed by atoms with E-state index in [0.717, 1.165) is 29.2 Å². The number of nitrogens with zero attached hydrogens (tertiary/aromatic N) is 2. The summed E-state index contributed by atoms with van der Waals surface area (Å²) in [5, 5.41) is 5.24. The maximum Gasteiger partial charge on any atom is 0.344 e. The second kappa shape index (κ2) is 7.93. The van der Waals surface area contributed by atoms with Gasteiger partial charge < -0.3 is 5.32 Å². The first-order chi connectivity index (χ1) is 14.2. The number of hydrogen-bond donors (Lipinski definition) is 2. The summed E-state index contributed by atoms with van der Waals surface area (Å²) in [6.07, 6.45) is 3.82. The Balaban J connectivity index is 1.42. The Hall–Kier alpha value is -1.98. The Morgan fingerprint density at radius 2 is 2.00 bits per heavy atom. The predicted molar refractivity (Wildman–Crippen MR) is 110 cm³/mol. The topological polar surface area (TPSA) is 116 Å². The highest BCUT2D eigenvalue weighted by Crippen LogP contribution is 2.36. The van der Waals surface area contributed by atoms with Gasteiger partial charge in [0.2, 0.25) is 5.91 Å². The number of hydrogen-bond acceptors (Lipinski definition) is 6. The lowest BCUT2D eigenvalue weighted by Gasteiger charge is -2.34. The van der Waals surface area contributed by atoms with Crippen LogP contribution in [0.4, 0.5) is 4.79 Å². The smallest absolute Gasteiger partial charge is 0.322 e. The Labute approximate surface area is 179 Å². The molecular weight excluding hydrogens is 428 g/mol. The second-order valence-electron chi connectivity index (χ2n) is 8.45. The van der Waals surface area contributed by atoms with Gasteiger partial charge in [-0.2, -0.15) is 9.31 Å². The lowest BCUT2D eigenvalue weighted by atomic mass is 9.77. The molecule has 0 radical (unpaired) electrons. The van der Waals surface area contributed by atoms with Crippen LogP contribution in [0.1, 0.15) is 45.4 Å². The number of sulfonamides is 1. The number of urea groups is 1. The van der Waals surface area contributed by atoms with Crippen LogP contribution in [0.25, 0.3) is 0 Å². The van der Waals surface area contributed by atoms with Crippen molar-refractivity contribution in [3.63, 3.8) is 0 Å². The van der Waals surface area contributed by atoms with Crippen LogP contribution in [-0.4, -0.2) is 54.2 Å². The third kappa shape index (κ3) is 3.74. The monoisotopic (exact) mass is 454 g/mol. The fourth-order valence-electron chi connectivity index (χ4n) is 4.43. The molecule has 3 fully saturated rings. The molecule has 9 nitrogen and oxygen atoms in total. The minimum Gasteiger partial charge on any atom is -0.322 e. The lowest BCUT2D eigenvalue weighted by Crippen LogP contribution is -2.54. The molecule has 0 aromatic carbocycles. The second-order valence-corrected chi connectivity index (χ2v) is 11.6. The summed E-state index contributed by atoms with van der Waals surface area (Å²) in [5.41, 5.74) is 1.52. The van der Waals surface area contributed by atoms with E-state index in [-0.39, 0.29) is 10.8 Å². The molecule has 2 aliphatic heterocycles. The predicted octanol–water partition coefficient (Wildman–Crippen LogP) is 1.68. The number of carbonyl (C=O) groups excluding carboxylic acids is 3. The van der Waals surface area contributed by atoms with Crippen LogP contribution in [-0.2, 0) is 19.6 Å². The highest BCUT2D eigenvalue weighted by atomic mass is 32.2. The Bertz CT molecular complexity index is 938. The number of amides is 4. The molecule has 3 heterocycles. The maximum absolute atomic E-state index is 12.9. The molecule has 4 amide bonds. The van der Waals surface area contributed by atoms with Gasteiger partial charge in [-0.25, -0.2) is 13.2 Å². The third-order valence-electron chi connectivity index (χ3n) is 6.36. The number of nitrogens with one attached hydrogen (secondary N) is 2. The van der Waals surface area contributed by atoms with Crippen molar-refractivity contribution in [2.45, 2.75) is 55.2 Å². The van der Waals surface area contributed by atoms with Crippen LogP contribution in [0.2, 0.25) is 0 Å². The van der Waals surface area contributed by atoms with Crippen LogP contribution in [0.3, 0.4) is 0 Å². The molecule has 0 bridgehead atoms. The van der Waals surface area contributed by atoms with Crippen molar-refractivity contribution in [1.29, 1.82) is 0 Å². The zero-order chi connectivity index (χ0) is 21.5. The molecule has 4 rings (SSSR count). The van der Waals surface area contributed by atoms with Gasteiger partial charge in [0.1, 0.15) is 9.75 Å². The molecule has 1 aromatic heterocycles. The van der Waals surface area contributed by atoms with Crippen LogP contribution >= 0.6 is 11.3 Å². The van der Waals surface area contributed by atoms with E-state index in [0.29, 0.717) is 38.1 Å². The number of imide groups is 1. The van der Waals surface area contributed by atoms with Gasteiger partial charge in [-0.3, -0.25) is 15.0 Å². The lowest BCUT2D eigenvalue weighted by molar-refractivity contribution is -0.142. The van der Waals surface area contributed by atoms with E-state index in [1.165, 1.54) is 4.31 Å². The zero-order valence-corrected chi connectivity index (χ0v) is 18.4. The van der Waals surface area contributed by atoms with Crippen molar-refractivity contribution >= 4 is 39.2 Å². The van der Waals surface area contributed by atoms with Gasteiger partial charge in [0.05, 0.1) is 5.92 Å². The number of thiophene rings is 1. The van der Waals surface area contributed by atoms with Gasteiger partial charge in [0.25, 0.3) is 15.9 Å². The van der Waals surface area contributed by atoms with Gasteiger partial charge >= 0.3 is 6.03 Å². The molecular formula is C19H26N4O5S2. The first kappa shape index (κ1) is 21.3. The largest absolute Gasteiger partial charge is 0.344 e. The van der Waals surface area contributed by atoms with Gasteiger partial charge in [0, 0.05) is 13.1 Å². The molecule has 1 spiro atoms. The van der Waals surface area contributed by atoms with Crippen LogP contribution in [0.15, 0.2) is 21.7 Å². The number of carbonyl (C=O) groups is 3. The van der Waals surface area contributed by atoms with E-state index in [4.69, 9.17) is 0 Å². The highest BCUT2D eigenvalue weighted by molar-refractivity contribution is 7.91. The minimum atomic E-state index is -3.65. The van der Waals surface area contributed by atoms with Crippen molar-refractivity contribution in [1.82, 2.24) is 20.1 Å². The fraction of sp³-hybridized carbons (Fsp3) is 0.632. The van der Waals surface area contributed by atoms with Crippen LogP contribution < -0.4 is 10.7 Å². The molecule has 11 heteroatoms. The molecule has 2 N–H and O–H groups in total. The minimum absolute atomic E-state index is 0.0262. The maximum atomic E-state index is 12.9. The first-order valence-electron chi connectivity index (χ1n) is 10.2. The van der Waals surface area contributed by atoms with E-state index >= 15 is 0 Å². The Morgan fingerprint density at radius 3 is 2.67 bits per heavy atom. The molecule has 164 valence electrons. The fourth-order valence-corrected chi connectivity index (χ4v) is 7.10. The zero-order valence-electron chi connectivity index (χ0n) is 16.8. The Morgan fingerprint density at radius 1 is 1.27 bits per heavy atom. The summed E-state index contributed by atoms with van der Waals surface area (Å²) >= 11 is 1.14. The van der Waals surface area contributed by atoms with E-state index in [2.05, 4.69) is 17.7 Å². The summed E-state index contributed by atoms with van der Waals surface area (Å²) in [6, 6.07) is 2.59. The molecule has 3 aliphatic rings. The van der Waals surface area contributed by atoms with Crippen molar-refractivity contribution in [3.05, 3.63) is 17.5 Å². The molecule has 1 aromatic rings. The standard InChI is InChI=1S/C19H26N4O5S2/c1-13-6-8-19(9-7-13)17(25)23(18(26)20-19)21-16(24)14-4-2-10-22(12-14)30(27,28)15-5-3-11-29-15/h3,5,11,13-14H,2,4,6-10,12H2,1H3,(H,20,26)(H,21,24). The molecule has 1 atom stereocenters. The summed E-state index contributed by atoms with van der Waals surface area (Å²) in [5.74, 6) is -1.06. The molecule has 30 heavy (non-hydrogen) atoms. The molecule has 1 saturated carbocycles. The van der Waals surface area contributed by atoms with E-state index in [9.17, 15) is 22.8 Å². The summed E-state index contributed by atoms with van der Waals surface area (Å²) in [7, 11) is -3.65. The third-order valence-corrected chi connectivity index (χ3v) is 9.59. The van der Waals surface area contributed by atoms with Crippen molar-refractivity contribution in [2.24, 2.45) is 11.8 Å². The van der Waals surface area contributed by atoms with Crippen LogP contribution in [0.5, 0.6) is 0 Å². The van der Waals surface area contributed by atoms with Gasteiger partial charge in [-0.15, -0.1) is 11.3 Å². The normalized spacial score (nSPS) is 30.5. The first-order valence-corrected chi connectivity index (χ1v) is 12.6. The van der Waals surface area contributed by atoms with Crippen molar-refractivity contribution < 1.29 is 22.8 Å². The van der Waals surface area contributed by atoms with E-state index < -0.39 is 39.3 Å². The SMILES string of the molecule is CC1CCC2(CC1)NC(=O)N(NC(=O)C1CCCN(S(=O)(=O)c3cccs3)C1)C2=O. The molecule has 2 saturated heterocycles. The van der Waals surface area contributed by atoms with Gasteiger partial charge in [-0.1, -0.05) is 13.0 Å². The Kier molecular flexibility index (Phi) is 5.62. The van der Waals surface area contributed by atoms with Gasteiger partial charge in [0.15, 0.2) is 0 Å². The number of hydrazine groups is 1. The molecule has 1 aliphatic carbocycles. The number of piperidine rings is 1. The van der Waals surface area contributed by atoms with E-state index in [1.807, 2.05) is 0 Å². The number of rotatable bonds is 4. The quantitative estimate of drug-likeness (QED) is 0.672. The van der Waals surface area contributed by atoms with Crippen LogP contribution in [0, 0.1) is 11.8 Å². The average molecular weight is 455 g/mol. The van der Waals surface area contributed by atoms with E-state index in [1.54, 1.807) is 17.5 Å². The summed E-state index contributed by atoms with van der Waals surface area (Å²) in [4.78, 5) is 38.2. The average Bonchev–Trinajstić information content (AvgIpc) is 3.35. The van der Waals surface area contributed by atoms with Crippen molar-refractivity contribution in [3.8, 4) is 0 Å².